The molecule has 1 heterocycles. The smallest absolute Gasteiger partial charge is 0.245 e. The van der Waals surface area contributed by atoms with E-state index in [9.17, 15) is 13.2 Å². The summed E-state index contributed by atoms with van der Waals surface area (Å²) in [5.41, 5.74) is 0.891. The van der Waals surface area contributed by atoms with Crippen molar-refractivity contribution in [1.82, 2.24) is 0 Å². The number of halogens is 3. The summed E-state index contributed by atoms with van der Waals surface area (Å²) >= 11 is 0.768. The van der Waals surface area contributed by atoms with Crippen molar-refractivity contribution in [2.75, 3.05) is 5.75 Å². The van der Waals surface area contributed by atoms with Crippen LogP contribution < -0.4 is 0 Å². The molecule has 0 unspecified atom stereocenters. The fourth-order valence-corrected chi connectivity index (χ4v) is 1.64. The Hall–Kier alpha value is -0.450. The number of rotatable bonds is 0. The number of aliphatic imine (C=N–C) groups is 1. The van der Waals surface area contributed by atoms with Gasteiger partial charge in [0.1, 0.15) is 0 Å². The van der Waals surface area contributed by atoms with Crippen LogP contribution in [-0.4, -0.2) is 17.0 Å². The molecule has 0 radical (unpaired) electrons. The summed E-state index contributed by atoms with van der Waals surface area (Å²) in [7, 11) is 0. The van der Waals surface area contributed by atoms with Crippen molar-refractivity contribution >= 4 is 16.8 Å². The molecule has 1 rings (SSSR count). The monoisotopic (exact) mass is 195 g/mol. The standard InChI is InChI=1S/C7H8F3NS/c1-5-2-3-12-6(11-4-5)7(8,9)10/h4H,2-3H2,1H3. The van der Waals surface area contributed by atoms with Gasteiger partial charge in [-0.3, -0.25) is 0 Å². The van der Waals surface area contributed by atoms with Gasteiger partial charge in [-0.25, -0.2) is 4.99 Å². The normalized spacial score (nSPS) is 19.7. The van der Waals surface area contributed by atoms with E-state index in [0.29, 0.717) is 12.2 Å². The maximum atomic E-state index is 12.1. The zero-order valence-electron chi connectivity index (χ0n) is 6.48. The van der Waals surface area contributed by atoms with Gasteiger partial charge in [-0.2, -0.15) is 13.2 Å². The second kappa shape index (κ2) is 3.51. The Morgan fingerprint density at radius 3 is 2.75 bits per heavy atom. The molecule has 0 atom stereocenters. The summed E-state index contributed by atoms with van der Waals surface area (Å²) in [5.74, 6) is 0.459. The number of allylic oxidation sites excluding steroid dienone is 1. The molecule has 0 amide bonds. The van der Waals surface area contributed by atoms with E-state index >= 15 is 0 Å². The van der Waals surface area contributed by atoms with Crippen LogP contribution >= 0.6 is 11.8 Å². The molecule has 0 aromatic carbocycles. The van der Waals surface area contributed by atoms with Crippen LogP contribution in [0.1, 0.15) is 13.3 Å². The molecular weight excluding hydrogens is 187 g/mol. The minimum absolute atomic E-state index is 0.459. The van der Waals surface area contributed by atoms with Crippen LogP contribution in [0.15, 0.2) is 16.8 Å². The van der Waals surface area contributed by atoms with E-state index in [1.807, 2.05) is 0 Å². The first-order chi connectivity index (χ1) is 5.50. The Morgan fingerprint density at radius 2 is 2.17 bits per heavy atom. The minimum Gasteiger partial charge on any atom is -0.245 e. The SMILES string of the molecule is CC1=CN=C(C(F)(F)F)SCC1. The molecular formula is C7H8F3NS. The van der Waals surface area contributed by atoms with Gasteiger partial charge in [0.25, 0.3) is 0 Å². The zero-order valence-corrected chi connectivity index (χ0v) is 7.30. The second-order valence-corrected chi connectivity index (χ2v) is 3.59. The summed E-state index contributed by atoms with van der Waals surface area (Å²) in [6.45, 7) is 1.78. The molecule has 0 bridgehead atoms. The van der Waals surface area contributed by atoms with E-state index in [1.165, 1.54) is 6.20 Å². The Kier molecular flexibility index (Phi) is 2.82. The Bertz CT molecular complexity index is 229. The highest BCUT2D eigenvalue weighted by atomic mass is 32.2. The zero-order chi connectivity index (χ0) is 9.19. The van der Waals surface area contributed by atoms with Crippen LogP contribution in [0.4, 0.5) is 13.2 Å². The maximum Gasteiger partial charge on any atom is 0.439 e. The van der Waals surface area contributed by atoms with Gasteiger partial charge in [0, 0.05) is 12.0 Å². The van der Waals surface area contributed by atoms with Crippen LogP contribution in [0.5, 0.6) is 0 Å². The largest absolute Gasteiger partial charge is 0.439 e. The van der Waals surface area contributed by atoms with Gasteiger partial charge in [-0.05, 0) is 13.3 Å². The van der Waals surface area contributed by atoms with Gasteiger partial charge in [0.05, 0.1) is 0 Å². The first kappa shape index (κ1) is 9.64. The molecule has 1 aliphatic rings. The molecule has 1 aliphatic heterocycles. The van der Waals surface area contributed by atoms with E-state index in [4.69, 9.17) is 0 Å². The lowest BCUT2D eigenvalue weighted by Crippen LogP contribution is -2.19. The van der Waals surface area contributed by atoms with E-state index in [0.717, 1.165) is 17.3 Å². The van der Waals surface area contributed by atoms with Gasteiger partial charge in [0.15, 0.2) is 5.04 Å². The highest BCUT2D eigenvalue weighted by Gasteiger charge is 2.36. The van der Waals surface area contributed by atoms with E-state index in [2.05, 4.69) is 4.99 Å². The van der Waals surface area contributed by atoms with Crippen LogP contribution in [0.2, 0.25) is 0 Å². The first-order valence-electron chi connectivity index (χ1n) is 3.43. The maximum absolute atomic E-state index is 12.1. The molecule has 1 nitrogen and oxygen atoms in total. The van der Waals surface area contributed by atoms with Crippen molar-refractivity contribution in [3.05, 3.63) is 11.8 Å². The molecule has 0 saturated heterocycles. The number of hydrogen-bond donors (Lipinski definition) is 0. The van der Waals surface area contributed by atoms with Crippen molar-refractivity contribution in [3.8, 4) is 0 Å². The average Bonchev–Trinajstić information content (AvgIpc) is 2.11. The second-order valence-electron chi connectivity index (χ2n) is 2.51. The summed E-state index contributed by atoms with van der Waals surface area (Å²) < 4.78 is 36.2. The molecule has 0 aromatic heterocycles. The van der Waals surface area contributed by atoms with Crippen molar-refractivity contribution in [3.63, 3.8) is 0 Å². The molecule has 0 spiro atoms. The predicted molar refractivity (Wildman–Crippen MR) is 44.3 cm³/mol. The van der Waals surface area contributed by atoms with Crippen molar-refractivity contribution in [2.45, 2.75) is 19.5 Å². The third kappa shape index (κ3) is 2.55. The average molecular weight is 195 g/mol. The van der Waals surface area contributed by atoms with Gasteiger partial charge in [0.2, 0.25) is 0 Å². The molecule has 68 valence electrons. The highest BCUT2D eigenvalue weighted by Crippen LogP contribution is 2.28. The van der Waals surface area contributed by atoms with Gasteiger partial charge < -0.3 is 0 Å². The molecule has 0 aliphatic carbocycles. The fourth-order valence-electron chi connectivity index (χ4n) is 0.734. The summed E-state index contributed by atoms with van der Waals surface area (Å²) in [6.07, 6.45) is -2.32. The Balaban J connectivity index is 2.79. The lowest BCUT2D eigenvalue weighted by atomic mass is 10.3. The predicted octanol–water partition coefficient (Wildman–Crippen LogP) is 2.99. The third-order valence-electron chi connectivity index (χ3n) is 1.38. The first-order valence-corrected chi connectivity index (χ1v) is 4.42. The van der Waals surface area contributed by atoms with Crippen molar-refractivity contribution < 1.29 is 13.2 Å². The lowest BCUT2D eigenvalue weighted by molar-refractivity contribution is -0.0554. The number of hydrogen-bond acceptors (Lipinski definition) is 2. The van der Waals surface area contributed by atoms with Crippen LogP contribution in [-0.2, 0) is 0 Å². The quantitative estimate of drug-likeness (QED) is 0.578. The summed E-state index contributed by atoms with van der Waals surface area (Å²) in [6, 6.07) is 0. The third-order valence-corrected chi connectivity index (χ3v) is 2.40. The van der Waals surface area contributed by atoms with Crippen molar-refractivity contribution in [2.24, 2.45) is 4.99 Å². The Morgan fingerprint density at radius 1 is 1.50 bits per heavy atom. The molecule has 0 saturated carbocycles. The van der Waals surface area contributed by atoms with E-state index in [1.54, 1.807) is 6.92 Å². The minimum atomic E-state index is -4.29. The molecule has 5 heteroatoms. The van der Waals surface area contributed by atoms with Gasteiger partial charge >= 0.3 is 6.18 Å². The molecule has 12 heavy (non-hydrogen) atoms. The van der Waals surface area contributed by atoms with Crippen molar-refractivity contribution in [1.29, 1.82) is 0 Å². The van der Waals surface area contributed by atoms with Gasteiger partial charge in [-0.15, -0.1) is 11.8 Å². The summed E-state index contributed by atoms with van der Waals surface area (Å²) in [5, 5.41) is -0.737. The van der Waals surface area contributed by atoms with Gasteiger partial charge in [-0.1, -0.05) is 5.57 Å². The Labute approximate surface area is 72.7 Å². The number of thioether (sulfide) groups is 1. The summed E-state index contributed by atoms with van der Waals surface area (Å²) in [4.78, 5) is 3.37. The van der Waals surface area contributed by atoms with Crippen LogP contribution in [0.25, 0.3) is 0 Å². The lowest BCUT2D eigenvalue weighted by Gasteiger charge is -2.06. The fraction of sp³-hybridized carbons (Fsp3) is 0.571. The molecule has 0 fully saturated rings. The molecule has 0 aromatic rings. The topological polar surface area (TPSA) is 12.4 Å². The highest BCUT2D eigenvalue weighted by molar-refractivity contribution is 8.14. The molecule has 0 N–H and O–H groups in total. The van der Waals surface area contributed by atoms with E-state index in [-0.39, 0.29) is 0 Å². The van der Waals surface area contributed by atoms with Crippen LogP contribution in [0.3, 0.4) is 0 Å². The van der Waals surface area contributed by atoms with E-state index < -0.39 is 11.2 Å². The number of nitrogens with zero attached hydrogens (tertiary/aromatic N) is 1. The number of alkyl halides is 3. The van der Waals surface area contributed by atoms with Crippen LogP contribution in [0, 0.1) is 0 Å².